The van der Waals surface area contributed by atoms with Crippen LogP contribution < -0.4 is 5.32 Å². The molecule has 106 valence electrons. The van der Waals surface area contributed by atoms with Crippen LogP contribution in [0.15, 0.2) is 0 Å². The number of esters is 1. The van der Waals surface area contributed by atoms with Crippen LogP contribution in [0.3, 0.4) is 0 Å². The standard InChI is InChI=1S/C14H27NO3/c1-4-15-14(3,13(16)18-5-2)11-17-10-12-8-6-7-9-12/h12,15H,4-11H2,1-3H3. The second-order valence-corrected chi connectivity index (χ2v) is 5.25. The van der Waals surface area contributed by atoms with E-state index < -0.39 is 5.54 Å². The normalized spacial score (nSPS) is 19.7. The average Bonchev–Trinajstić information content (AvgIpc) is 2.83. The molecule has 4 nitrogen and oxygen atoms in total. The summed E-state index contributed by atoms with van der Waals surface area (Å²) in [6.07, 6.45) is 5.15. The molecule has 1 rings (SSSR count). The van der Waals surface area contributed by atoms with Gasteiger partial charge >= 0.3 is 5.97 Å². The van der Waals surface area contributed by atoms with Gasteiger partial charge in [-0.05, 0) is 39.2 Å². The molecule has 1 fully saturated rings. The smallest absolute Gasteiger partial charge is 0.328 e. The number of rotatable bonds is 8. The highest BCUT2D eigenvalue weighted by molar-refractivity contribution is 5.80. The van der Waals surface area contributed by atoms with Gasteiger partial charge in [-0.15, -0.1) is 0 Å². The molecule has 1 N–H and O–H groups in total. The number of ether oxygens (including phenoxy) is 2. The molecule has 0 spiro atoms. The van der Waals surface area contributed by atoms with Crippen molar-refractivity contribution in [2.24, 2.45) is 5.92 Å². The molecular weight excluding hydrogens is 230 g/mol. The number of nitrogens with one attached hydrogen (secondary N) is 1. The van der Waals surface area contributed by atoms with Crippen LogP contribution in [-0.4, -0.2) is 37.9 Å². The Morgan fingerprint density at radius 3 is 2.56 bits per heavy atom. The lowest BCUT2D eigenvalue weighted by Gasteiger charge is -2.28. The maximum Gasteiger partial charge on any atom is 0.328 e. The Bertz CT molecular complexity index is 251. The monoisotopic (exact) mass is 257 g/mol. The third-order valence-corrected chi connectivity index (χ3v) is 3.51. The Morgan fingerprint density at radius 2 is 2.00 bits per heavy atom. The van der Waals surface area contributed by atoms with Crippen LogP contribution in [0.5, 0.6) is 0 Å². The van der Waals surface area contributed by atoms with Crippen LogP contribution >= 0.6 is 0 Å². The van der Waals surface area contributed by atoms with Crippen molar-refractivity contribution in [3.05, 3.63) is 0 Å². The first kappa shape index (κ1) is 15.4. The van der Waals surface area contributed by atoms with E-state index in [2.05, 4.69) is 5.32 Å². The van der Waals surface area contributed by atoms with Gasteiger partial charge in [0.05, 0.1) is 13.2 Å². The molecule has 0 heterocycles. The quantitative estimate of drug-likeness (QED) is 0.677. The van der Waals surface area contributed by atoms with E-state index in [4.69, 9.17) is 9.47 Å². The molecule has 4 heteroatoms. The second-order valence-electron chi connectivity index (χ2n) is 5.25. The van der Waals surface area contributed by atoms with Gasteiger partial charge in [0.25, 0.3) is 0 Å². The van der Waals surface area contributed by atoms with E-state index in [1.165, 1.54) is 25.7 Å². The van der Waals surface area contributed by atoms with E-state index in [0.29, 0.717) is 19.1 Å². The van der Waals surface area contributed by atoms with Crippen LogP contribution in [0.25, 0.3) is 0 Å². The topological polar surface area (TPSA) is 47.6 Å². The number of carbonyl (C=O) groups excluding carboxylic acids is 1. The third kappa shape index (κ3) is 4.58. The average molecular weight is 257 g/mol. The summed E-state index contributed by atoms with van der Waals surface area (Å²) in [6, 6.07) is 0. The highest BCUT2D eigenvalue weighted by Gasteiger charge is 2.34. The van der Waals surface area contributed by atoms with Crippen molar-refractivity contribution in [3.63, 3.8) is 0 Å². The Balaban J connectivity index is 2.37. The first-order chi connectivity index (χ1) is 8.62. The van der Waals surface area contributed by atoms with Crippen molar-refractivity contribution in [3.8, 4) is 0 Å². The van der Waals surface area contributed by atoms with Crippen LogP contribution in [-0.2, 0) is 14.3 Å². The predicted molar refractivity (Wildman–Crippen MR) is 71.5 cm³/mol. The first-order valence-electron chi connectivity index (χ1n) is 7.12. The van der Waals surface area contributed by atoms with Crippen molar-refractivity contribution in [1.82, 2.24) is 5.32 Å². The SMILES string of the molecule is CCNC(C)(COCC1CCCC1)C(=O)OCC. The Morgan fingerprint density at radius 1 is 1.33 bits per heavy atom. The molecule has 0 bridgehead atoms. The zero-order valence-corrected chi connectivity index (χ0v) is 12.0. The van der Waals surface area contributed by atoms with Gasteiger partial charge in [0.15, 0.2) is 0 Å². The fourth-order valence-electron chi connectivity index (χ4n) is 2.47. The van der Waals surface area contributed by atoms with Gasteiger partial charge in [0.2, 0.25) is 0 Å². The molecule has 1 atom stereocenters. The minimum absolute atomic E-state index is 0.224. The van der Waals surface area contributed by atoms with Gasteiger partial charge in [0, 0.05) is 6.61 Å². The molecule has 0 amide bonds. The second kappa shape index (κ2) is 7.74. The minimum Gasteiger partial charge on any atom is -0.465 e. The molecule has 1 saturated carbocycles. The molecule has 0 aliphatic heterocycles. The fourth-order valence-corrected chi connectivity index (χ4v) is 2.47. The van der Waals surface area contributed by atoms with E-state index in [1.54, 1.807) is 0 Å². The molecular formula is C14H27NO3. The van der Waals surface area contributed by atoms with Crippen molar-refractivity contribution < 1.29 is 14.3 Å². The lowest BCUT2D eigenvalue weighted by atomic mass is 10.0. The number of carbonyl (C=O) groups is 1. The molecule has 0 saturated heterocycles. The largest absolute Gasteiger partial charge is 0.465 e. The van der Waals surface area contributed by atoms with Gasteiger partial charge in [-0.1, -0.05) is 19.8 Å². The van der Waals surface area contributed by atoms with Crippen LogP contribution in [0, 0.1) is 5.92 Å². The van der Waals surface area contributed by atoms with Crippen molar-refractivity contribution in [1.29, 1.82) is 0 Å². The summed E-state index contributed by atoms with van der Waals surface area (Å²) < 4.78 is 10.8. The van der Waals surface area contributed by atoms with Crippen LogP contribution in [0.4, 0.5) is 0 Å². The summed E-state index contributed by atoms with van der Waals surface area (Å²) in [5.74, 6) is 0.455. The number of hydrogen-bond donors (Lipinski definition) is 1. The molecule has 1 aliphatic rings. The molecule has 18 heavy (non-hydrogen) atoms. The maximum atomic E-state index is 11.9. The Kier molecular flexibility index (Phi) is 6.65. The summed E-state index contributed by atoms with van der Waals surface area (Å²) >= 11 is 0. The van der Waals surface area contributed by atoms with Crippen LogP contribution in [0.2, 0.25) is 0 Å². The van der Waals surface area contributed by atoms with Gasteiger partial charge in [-0.25, -0.2) is 4.79 Å². The van der Waals surface area contributed by atoms with E-state index in [-0.39, 0.29) is 5.97 Å². The summed E-state index contributed by atoms with van der Waals surface area (Å²) in [5, 5.41) is 3.17. The Labute approximate surface area is 110 Å². The van der Waals surface area contributed by atoms with E-state index in [1.807, 2.05) is 20.8 Å². The zero-order chi connectivity index (χ0) is 13.4. The lowest BCUT2D eigenvalue weighted by molar-refractivity contribution is -0.153. The van der Waals surface area contributed by atoms with Crippen LogP contribution in [0.1, 0.15) is 46.5 Å². The summed E-state index contributed by atoms with van der Waals surface area (Å²) in [6.45, 7) is 7.93. The van der Waals surface area contributed by atoms with Crippen molar-refractivity contribution in [2.75, 3.05) is 26.4 Å². The maximum absolute atomic E-state index is 11.9. The summed E-state index contributed by atoms with van der Waals surface area (Å²) in [7, 11) is 0. The van der Waals surface area contributed by atoms with E-state index >= 15 is 0 Å². The molecule has 1 unspecified atom stereocenters. The number of hydrogen-bond acceptors (Lipinski definition) is 4. The molecule has 0 aromatic rings. The highest BCUT2D eigenvalue weighted by atomic mass is 16.5. The van der Waals surface area contributed by atoms with E-state index in [0.717, 1.165) is 13.2 Å². The molecule has 0 radical (unpaired) electrons. The zero-order valence-electron chi connectivity index (χ0n) is 12.0. The van der Waals surface area contributed by atoms with Gasteiger partial charge in [0.1, 0.15) is 5.54 Å². The van der Waals surface area contributed by atoms with Crippen molar-refractivity contribution in [2.45, 2.75) is 52.0 Å². The minimum atomic E-state index is -0.719. The first-order valence-corrected chi connectivity index (χ1v) is 7.12. The highest BCUT2D eigenvalue weighted by Crippen LogP contribution is 2.25. The van der Waals surface area contributed by atoms with Crippen molar-refractivity contribution >= 4 is 5.97 Å². The Hall–Kier alpha value is -0.610. The lowest BCUT2D eigenvalue weighted by Crippen LogP contribution is -2.54. The molecule has 0 aromatic carbocycles. The number of likely N-dealkylation sites (N-methyl/N-ethyl adjacent to an activating group) is 1. The molecule has 0 aromatic heterocycles. The summed E-state index contributed by atoms with van der Waals surface area (Å²) in [5.41, 5.74) is -0.719. The summed E-state index contributed by atoms with van der Waals surface area (Å²) in [4.78, 5) is 11.9. The van der Waals surface area contributed by atoms with Gasteiger partial charge < -0.3 is 14.8 Å². The molecule has 1 aliphatic carbocycles. The predicted octanol–water partition coefficient (Wildman–Crippen LogP) is 2.12. The van der Waals surface area contributed by atoms with Gasteiger partial charge in [-0.3, -0.25) is 0 Å². The third-order valence-electron chi connectivity index (χ3n) is 3.51. The van der Waals surface area contributed by atoms with E-state index in [9.17, 15) is 4.79 Å². The van der Waals surface area contributed by atoms with Gasteiger partial charge in [-0.2, -0.15) is 0 Å². The fraction of sp³-hybridized carbons (Fsp3) is 0.929.